The predicted molar refractivity (Wildman–Crippen MR) is 72.4 cm³/mol. The quantitative estimate of drug-likeness (QED) is 0.512. The van der Waals surface area contributed by atoms with Gasteiger partial charge in [0.2, 0.25) is 5.91 Å². The van der Waals surface area contributed by atoms with E-state index >= 15 is 0 Å². The number of methoxy groups -OCH3 is 1. The molecule has 108 valence electrons. The van der Waals surface area contributed by atoms with Gasteiger partial charge >= 0.3 is 0 Å². The maximum Gasteiger partial charge on any atom is 0.220 e. The third-order valence-corrected chi connectivity index (χ3v) is 2.74. The monoisotopic (exact) mass is 260 g/mol. The molecule has 5 nitrogen and oxygen atoms in total. The number of ether oxygens (including phenoxy) is 2. The average Bonchev–Trinajstić information content (AvgIpc) is 2.39. The third-order valence-electron chi connectivity index (χ3n) is 2.74. The van der Waals surface area contributed by atoms with Crippen LogP contribution < -0.4 is 11.1 Å². The number of hydrogen-bond donors (Lipinski definition) is 2. The number of carbonyl (C=O) groups is 1. The van der Waals surface area contributed by atoms with E-state index in [2.05, 4.69) is 12.2 Å². The fourth-order valence-electron chi connectivity index (χ4n) is 1.38. The van der Waals surface area contributed by atoms with Gasteiger partial charge in [0.1, 0.15) is 0 Å². The lowest BCUT2D eigenvalue weighted by Gasteiger charge is -2.08. The summed E-state index contributed by atoms with van der Waals surface area (Å²) in [5, 5.41) is 2.90. The Bertz CT molecular complexity index is 201. The Hall–Kier alpha value is -0.650. The molecule has 0 aromatic heterocycles. The number of unbranched alkanes of at least 4 members (excludes halogenated alkanes) is 1. The smallest absolute Gasteiger partial charge is 0.220 e. The van der Waals surface area contributed by atoms with Gasteiger partial charge in [0.25, 0.3) is 0 Å². The summed E-state index contributed by atoms with van der Waals surface area (Å²) in [6.45, 7) is 5.43. The number of amides is 1. The summed E-state index contributed by atoms with van der Waals surface area (Å²) < 4.78 is 10.2. The molecule has 18 heavy (non-hydrogen) atoms. The molecule has 1 amide bonds. The number of nitrogens with one attached hydrogen (secondary N) is 1. The van der Waals surface area contributed by atoms with Gasteiger partial charge in [-0.15, -0.1) is 0 Å². The van der Waals surface area contributed by atoms with Crippen LogP contribution in [-0.4, -0.2) is 45.9 Å². The average molecular weight is 260 g/mol. The predicted octanol–water partition coefficient (Wildman–Crippen LogP) is 0.921. The molecule has 1 atom stereocenters. The molecule has 0 aliphatic carbocycles. The molecular weight excluding hydrogens is 232 g/mol. The van der Waals surface area contributed by atoms with E-state index < -0.39 is 0 Å². The molecule has 0 fully saturated rings. The Labute approximate surface area is 110 Å². The maximum atomic E-state index is 11.4. The van der Waals surface area contributed by atoms with Crippen molar-refractivity contribution in [2.45, 2.75) is 32.6 Å². The molecule has 0 rings (SSSR count). The molecule has 0 aromatic rings. The highest BCUT2D eigenvalue weighted by molar-refractivity contribution is 5.75. The minimum Gasteiger partial charge on any atom is -0.382 e. The summed E-state index contributed by atoms with van der Waals surface area (Å²) in [5.41, 5.74) is 5.49. The van der Waals surface area contributed by atoms with E-state index in [0.717, 1.165) is 32.4 Å². The van der Waals surface area contributed by atoms with E-state index in [9.17, 15) is 4.79 Å². The van der Waals surface area contributed by atoms with Crippen molar-refractivity contribution in [2.75, 3.05) is 40.0 Å². The Morgan fingerprint density at radius 3 is 2.72 bits per heavy atom. The van der Waals surface area contributed by atoms with E-state index in [1.807, 2.05) is 0 Å². The first kappa shape index (κ1) is 17.4. The van der Waals surface area contributed by atoms with Gasteiger partial charge in [0.15, 0.2) is 0 Å². The van der Waals surface area contributed by atoms with Crippen molar-refractivity contribution < 1.29 is 14.3 Å². The van der Waals surface area contributed by atoms with Gasteiger partial charge in [-0.1, -0.05) is 6.92 Å². The van der Waals surface area contributed by atoms with Gasteiger partial charge in [-0.2, -0.15) is 0 Å². The van der Waals surface area contributed by atoms with Gasteiger partial charge in [0.05, 0.1) is 13.2 Å². The zero-order valence-corrected chi connectivity index (χ0v) is 11.7. The van der Waals surface area contributed by atoms with Crippen molar-refractivity contribution in [1.29, 1.82) is 0 Å². The SMILES string of the molecule is COCCOCCCCNC(=O)CCC(C)CN. The van der Waals surface area contributed by atoms with Gasteiger partial charge in [0, 0.05) is 26.7 Å². The summed E-state index contributed by atoms with van der Waals surface area (Å²) in [5.74, 6) is 0.542. The van der Waals surface area contributed by atoms with Gasteiger partial charge in [-0.05, 0) is 31.7 Å². The molecule has 0 spiro atoms. The second kappa shape index (κ2) is 12.8. The fraction of sp³-hybridized carbons (Fsp3) is 0.923. The summed E-state index contributed by atoms with van der Waals surface area (Å²) in [6.07, 6.45) is 3.35. The zero-order chi connectivity index (χ0) is 13.6. The highest BCUT2D eigenvalue weighted by Gasteiger charge is 2.04. The molecule has 5 heteroatoms. The molecule has 0 aliphatic heterocycles. The van der Waals surface area contributed by atoms with Crippen LogP contribution >= 0.6 is 0 Å². The number of rotatable bonds is 12. The molecule has 0 saturated carbocycles. The van der Waals surface area contributed by atoms with Crippen molar-refractivity contribution in [2.24, 2.45) is 11.7 Å². The third kappa shape index (κ3) is 11.8. The van der Waals surface area contributed by atoms with Crippen LogP contribution in [0.3, 0.4) is 0 Å². The molecule has 0 aliphatic rings. The minimum absolute atomic E-state index is 0.121. The Morgan fingerprint density at radius 2 is 2.06 bits per heavy atom. The van der Waals surface area contributed by atoms with E-state index in [4.69, 9.17) is 15.2 Å². The van der Waals surface area contributed by atoms with Crippen LogP contribution in [0.25, 0.3) is 0 Å². The standard InChI is InChI=1S/C13H28N2O3/c1-12(11-14)5-6-13(16)15-7-3-4-8-18-10-9-17-2/h12H,3-11,14H2,1-2H3,(H,15,16). The summed E-state index contributed by atoms with van der Waals surface area (Å²) >= 11 is 0. The summed E-state index contributed by atoms with van der Waals surface area (Å²) in [6, 6.07) is 0. The highest BCUT2D eigenvalue weighted by atomic mass is 16.5. The lowest BCUT2D eigenvalue weighted by molar-refractivity contribution is -0.121. The normalized spacial score (nSPS) is 12.4. The summed E-state index contributed by atoms with van der Waals surface area (Å²) in [4.78, 5) is 11.4. The molecule has 0 aromatic carbocycles. The van der Waals surface area contributed by atoms with E-state index in [0.29, 0.717) is 32.1 Å². The van der Waals surface area contributed by atoms with Crippen LogP contribution in [0, 0.1) is 5.92 Å². The maximum absolute atomic E-state index is 11.4. The van der Waals surface area contributed by atoms with E-state index in [1.54, 1.807) is 7.11 Å². The van der Waals surface area contributed by atoms with Crippen LogP contribution in [0.15, 0.2) is 0 Å². The van der Waals surface area contributed by atoms with Crippen LogP contribution in [0.2, 0.25) is 0 Å². The molecule has 1 unspecified atom stereocenters. The van der Waals surface area contributed by atoms with Crippen LogP contribution in [0.4, 0.5) is 0 Å². The van der Waals surface area contributed by atoms with E-state index in [-0.39, 0.29) is 5.91 Å². The second-order valence-electron chi connectivity index (χ2n) is 4.54. The molecule has 0 bridgehead atoms. The first-order chi connectivity index (χ1) is 8.70. The largest absolute Gasteiger partial charge is 0.382 e. The number of nitrogens with two attached hydrogens (primary N) is 1. The number of carbonyl (C=O) groups excluding carboxylic acids is 1. The van der Waals surface area contributed by atoms with Crippen LogP contribution in [-0.2, 0) is 14.3 Å². The highest BCUT2D eigenvalue weighted by Crippen LogP contribution is 2.02. The van der Waals surface area contributed by atoms with Gasteiger partial charge in [-0.25, -0.2) is 0 Å². The van der Waals surface area contributed by atoms with Crippen LogP contribution in [0.1, 0.15) is 32.6 Å². The molecule has 3 N–H and O–H groups in total. The van der Waals surface area contributed by atoms with Crippen molar-refractivity contribution in [3.8, 4) is 0 Å². The van der Waals surface area contributed by atoms with Crippen molar-refractivity contribution in [3.63, 3.8) is 0 Å². The Balaban J connectivity index is 3.20. The van der Waals surface area contributed by atoms with Gasteiger partial charge < -0.3 is 20.5 Å². The number of hydrogen-bond acceptors (Lipinski definition) is 4. The summed E-state index contributed by atoms with van der Waals surface area (Å²) in [7, 11) is 1.66. The second-order valence-corrected chi connectivity index (χ2v) is 4.54. The zero-order valence-electron chi connectivity index (χ0n) is 11.7. The van der Waals surface area contributed by atoms with Crippen LogP contribution in [0.5, 0.6) is 0 Å². The van der Waals surface area contributed by atoms with Gasteiger partial charge in [-0.3, -0.25) is 4.79 Å². The minimum atomic E-state index is 0.121. The van der Waals surface area contributed by atoms with E-state index in [1.165, 1.54) is 0 Å². The fourth-order valence-corrected chi connectivity index (χ4v) is 1.38. The Morgan fingerprint density at radius 1 is 1.28 bits per heavy atom. The van der Waals surface area contributed by atoms with Crippen molar-refractivity contribution in [1.82, 2.24) is 5.32 Å². The molecule has 0 heterocycles. The lowest BCUT2D eigenvalue weighted by Crippen LogP contribution is -2.25. The topological polar surface area (TPSA) is 73.6 Å². The first-order valence-electron chi connectivity index (χ1n) is 6.74. The van der Waals surface area contributed by atoms with Crippen molar-refractivity contribution in [3.05, 3.63) is 0 Å². The molecule has 0 saturated heterocycles. The van der Waals surface area contributed by atoms with Crippen molar-refractivity contribution >= 4 is 5.91 Å². The lowest BCUT2D eigenvalue weighted by atomic mass is 10.1. The molecule has 0 radical (unpaired) electrons. The Kier molecular flexibility index (Phi) is 12.3. The molecular formula is C13H28N2O3. The first-order valence-corrected chi connectivity index (χ1v) is 6.74.